The van der Waals surface area contributed by atoms with Crippen molar-refractivity contribution in [2.45, 2.75) is 4.90 Å². The first kappa shape index (κ1) is 28.4. The molecule has 0 bridgehead atoms. The Hall–Kier alpha value is -4.75. The Bertz CT molecular complexity index is 1760. The Morgan fingerprint density at radius 2 is 0.837 bits per heavy atom. The fourth-order valence-electron chi connectivity index (χ4n) is 5.29. The minimum atomic E-state index is -1.68. The lowest BCUT2D eigenvalue weighted by molar-refractivity contribution is 0.425. The molecule has 43 heavy (non-hydrogen) atoms. The van der Waals surface area contributed by atoms with Crippen LogP contribution in [0.25, 0.3) is 33.4 Å². The van der Waals surface area contributed by atoms with Gasteiger partial charge in [-0.1, -0.05) is 109 Å². The van der Waals surface area contributed by atoms with E-state index in [1.54, 1.807) is 12.1 Å². The third-order valence-electron chi connectivity index (χ3n) is 7.53. The lowest BCUT2D eigenvalue weighted by Crippen LogP contribution is -2.33. The first-order valence-corrected chi connectivity index (χ1v) is 15.6. The van der Waals surface area contributed by atoms with Crippen LogP contribution < -0.4 is 10.4 Å². The molecule has 6 rings (SSSR count). The van der Waals surface area contributed by atoms with E-state index in [0.29, 0.717) is 4.90 Å². The van der Waals surface area contributed by atoms with Crippen LogP contribution >= 0.6 is 0 Å². The minimum absolute atomic E-state index is 0.255. The predicted octanol–water partition coefficient (Wildman–Crippen LogP) is 7.57. The van der Waals surface area contributed by atoms with Crippen LogP contribution in [0.15, 0.2) is 157 Å². The maximum Gasteiger partial charge on any atom is 0.489 e. The quantitative estimate of drug-likeness (QED) is 0.183. The van der Waals surface area contributed by atoms with E-state index in [-0.39, 0.29) is 5.46 Å². The van der Waals surface area contributed by atoms with Crippen LogP contribution in [0.5, 0.6) is 0 Å². The first-order valence-electron chi connectivity index (χ1n) is 14.0. The van der Waals surface area contributed by atoms with Gasteiger partial charge in [-0.3, -0.25) is 4.21 Å². The second kappa shape index (κ2) is 12.6. The van der Waals surface area contributed by atoms with Crippen molar-refractivity contribution in [2.24, 2.45) is 0 Å². The van der Waals surface area contributed by atoms with E-state index in [1.165, 1.54) is 17.4 Å². The summed E-state index contributed by atoms with van der Waals surface area (Å²) in [5.41, 5.74) is 9.75. The summed E-state index contributed by atoms with van der Waals surface area (Å²) in [4.78, 5) is 2.64. The Morgan fingerprint density at radius 3 is 1.21 bits per heavy atom. The summed E-state index contributed by atoms with van der Waals surface area (Å²) in [6.45, 7) is 0. The SMILES string of the molecule is CS(=O)c1cc(-c2ccc(N(c3ccc(-c4ccccc4)cc3)c3ccc(-c4ccccc4)cc3)cc2)ccc1B(O)O. The van der Waals surface area contributed by atoms with Gasteiger partial charge >= 0.3 is 7.12 Å². The average Bonchev–Trinajstić information content (AvgIpc) is 3.06. The first-order chi connectivity index (χ1) is 21.0. The van der Waals surface area contributed by atoms with Gasteiger partial charge in [-0.25, -0.2) is 0 Å². The molecule has 6 aromatic carbocycles. The molecule has 0 fully saturated rings. The van der Waals surface area contributed by atoms with Gasteiger partial charge in [-0.05, 0) is 81.3 Å². The molecule has 0 aliphatic heterocycles. The van der Waals surface area contributed by atoms with Crippen LogP contribution in [0.4, 0.5) is 17.1 Å². The average molecular weight is 580 g/mol. The molecular formula is C37H30BNO3S. The van der Waals surface area contributed by atoms with E-state index < -0.39 is 17.9 Å². The lowest BCUT2D eigenvalue weighted by atomic mass is 9.79. The summed E-state index contributed by atoms with van der Waals surface area (Å²) in [6.07, 6.45) is 1.54. The maximum absolute atomic E-state index is 12.3. The van der Waals surface area contributed by atoms with Gasteiger partial charge in [0.05, 0.1) is 0 Å². The van der Waals surface area contributed by atoms with Gasteiger partial charge in [0.15, 0.2) is 0 Å². The molecule has 0 radical (unpaired) electrons. The molecule has 0 aliphatic rings. The Kier molecular flexibility index (Phi) is 8.34. The fourth-order valence-corrected chi connectivity index (χ4v) is 6.09. The van der Waals surface area contributed by atoms with Gasteiger partial charge in [-0.2, -0.15) is 0 Å². The van der Waals surface area contributed by atoms with Gasteiger partial charge in [-0.15, -0.1) is 0 Å². The number of benzene rings is 6. The molecule has 6 aromatic rings. The molecule has 0 aliphatic carbocycles. The van der Waals surface area contributed by atoms with E-state index >= 15 is 0 Å². The van der Waals surface area contributed by atoms with Crippen molar-refractivity contribution in [3.63, 3.8) is 0 Å². The van der Waals surface area contributed by atoms with Crippen molar-refractivity contribution in [3.8, 4) is 33.4 Å². The van der Waals surface area contributed by atoms with Crippen LogP contribution in [0.2, 0.25) is 0 Å². The molecule has 6 heteroatoms. The summed E-state index contributed by atoms with van der Waals surface area (Å²) < 4.78 is 12.3. The van der Waals surface area contributed by atoms with Crippen LogP contribution in [0, 0.1) is 0 Å². The number of anilines is 3. The lowest BCUT2D eigenvalue weighted by Gasteiger charge is -2.26. The second-order valence-corrected chi connectivity index (χ2v) is 11.6. The number of rotatable bonds is 8. The second-order valence-electron chi connectivity index (χ2n) is 10.3. The highest BCUT2D eigenvalue weighted by Gasteiger charge is 2.19. The van der Waals surface area contributed by atoms with Crippen molar-refractivity contribution in [3.05, 3.63) is 152 Å². The number of hydrogen-bond donors (Lipinski definition) is 2. The predicted molar refractivity (Wildman–Crippen MR) is 180 cm³/mol. The molecule has 1 atom stereocenters. The van der Waals surface area contributed by atoms with Gasteiger partial charge in [0, 0.05) is 39.0 Å². The van der Waals surface area contributed by atoms with Gasteiger partial charge in [0.2, 0.25) is 0 Å². The van der Waals surface area contributed by atoms with Crippen molar-refractivity contribution < 1.29 is 14.3 Å². The summed E-state index contributed by atoms with van der Waals surface area (Å²) in [6, 6.07) is 51.3. The fraction of sp³-hybridized carbons (Fsp3) is 0.0270. The van der Waals surface area contributed by atoms with E-state index in [1.807, 2.05) is 54.6 Å². The highest BCUT2D eigenvalue weighted by molar-refractivity contribution is 7.84. The van der Waals surface area contributed by atoms with E-state index in [9.17, 15) is 14.3 Å². The third-order valence-corrected chi connectivity index (χ3v) is 8.50. The van der Waals surface area contributed by atoms with Crippen LogP contribution in [0.1, 0.15) is 0 Å². The largest absolute Gasteiger partial charge is 0.489 e. The molecular weight excluding hydrogens is 549 g/mol. The molecule has 210 valence electrons. The molecule has 0 spiro atoms. The molecule has 0 saturated heterocycles. The summed E-state index contributed by atoms with van der Waals surface area (Å²) in [7, 11) is -3.04. The molecule has 1 unspecified atom stereocenters. The topological polar surface area (TPSA) is 60.8 Å². The van der Waals surface area contributed by atoms with Gasteiger partial charge in [0.25, 0.3) is 0 Å². The number of nitrogens with zero attached hydrogens (tertiary/aromatic N) is 1. The van der Waals surface area contributed by atoms with Crippen molar-refractivity contribution in [1.82, 2.24) is 0 Å². The van der Waals surface area contributed by atoms with Crippen molar-refractivity contribution in [2.75, 3.05) is 11.2 Å². The van der Waals surface area contributed by atoms with Gasteiger partial charge < -0.3 is 14.9 Å². The van der Waals surface area contributed by atoms with Crippen LogP contribution in [-0.2, 0) is 10.8 Å². The van der Waals surface area contributed by atoms with Gasteiger partial charge in [0.1, 0.15) is 0 Å². The molecule has 4 nitrogen and oxygen atoms in total. The molecule has 0 saturated carbocycles. The van der Waals surface area contributed by atoms with Crippen molar-refractivity contribution >= 4 is 40.4 Å². The smallest absolute Gasteiger partial charge is 0.423 e. The van der Waals surface area contributed by atoms with E-state index in [2.05, 4.69) is 89.8 Å². The zero-order valence-corrected chi connectivity index (χ0v) is 24.5. The summed E-state index contributed by atoms with van der Waals surface area (Å²) >= 11 is 0. The molecule has 2 N–H and O–H groups in total. The maximum atomic E-state index is 12.3. The van der Waals surface area contributed by atoms with E-state index in [4.69, 9.17) is 0 Å². The highest BCUT2D eigenvalue weighted by atomic mass is 32.2. The molecule has 0 amide bonds. The molecule has 0 heterocycles. The van der Waals surface area contributed by atoms with Crippen molar-refractivity contribution in [1.29, 1.82) is 0 Å². The number of hydrogen-bond acceptors (Lipinski definition) is 4. The molecule has 0 aromatic heterocycles. The van der Waals surface area contributed by atoms with Crippen LogP contribution in [-0.4, -0.2) is 27.6 Å². The normalized spacial score (nSPS) is 11.6. The third kappa shape index (κ3) is 6.22. The zero-order valence-electron chi connectivity index (χ0n) is 23.7. The highest BCUT2D eigenvalue weighted by Crippen LogP contribution is 2.37. The Labute approximate surface area is 255 Å². The summed E-state index contributed by atoms with van der Waals surface area (Å²) in [5.74, 6) is 0. The Balaban J connectivity index is 1.38. The monoisotopic (exact) mass is 579 g/mol. The zero-order chi connectivity index (χ0) is 29.8. The van der Waals surface area contributed by atoms with E-state index in [0.717, 1.165) is 39.3 Å². The Morgan fingerprint density at radius 1 is 0.488 bits per heavy atom. The standard InChI is InChI=1S/C37H30BNO3S/c1-43(42)37-26-32(18-25-36(37)38(40)41)31-16-23-35(24-17-31)39(33-19-12-29(13-20-33)27-8-4-2-5-9-27)34-21-14-30(15-22-34)28-10-6-3-7-11-28/h2-26,40-41H,1H3. The van der Waals surface area contributed by atoms with Crippen LogP contribution in [0.3, 0.4) is 0 Å². The minimum Gasteiger partial charge on any atom is -0.423 e. The summed E-state index contributed by atoms with van der Waals surface area (Å²) in [5, 5.41) is 19.4.